The highest BCUT2D eigenvalue weighted by Gasteiger charge is 2.03. The quantitative estimate of drug-likeness (QED) is 0.797. The van der Waals surface area contributed by atoms with Crippen LogP contribution in [0.3, 0.4) is 0 Å². The smallest absolute Gasteiger partial charge is 0.221 e. The van der Waals surface area contributed by atoms with Crippen LogP contribution in [0.25, 0.3) is 0 Å². The Morgan fingerprint density at radius 3 is 2.68 bits per heavy atom. The molecule has 0 bridgehead atoms. The van der Waals surface area contributed by atoms with Gasteiger partial charge in [-0.05, 0) is 29.8 Å². The zero-order valence-electron chi connectivity index (χ0n) is 12.2. The second-order valence-electron chi connectivity index (χ2n) is 4.54. The van der Waals surface area contributed by atoms with Gasteiger partial charge in [-0.3, -0.25) is 4.79 Å². The van der Waals surface area contributed by atoms with Crippen LogP contribution >= 0.6 is 11.8 Å². The molecule has 0 aliphatic rings. The molecule has 0 aliphatic heterocycles. The number of carbonyl (C=O) groups excluding carboxylic acids is 1. The monoisotopic (exact) mass is 320 g/mol. The number of nitrogens with zero attached hydrogens (tertiary/aromatic N) is 1. The topological polar surface area (TPSA) is 51.2 Å². The SMILES string of the molecule is COc1ccc(CNC(=O)CCSc2ccc(F)cc2)cn1. The molecule has 0 spiro atoms. The number of carbonyl (C=O) groups is 1. The van der Waals surface area contributed by atoms with E-state index < -0.39 is 0 Å². The van der Waals surface area contributed by atoms with Crippen molar-refractivity contribution >= 4 is 17.7 Å². The van der Waals surface area contributed by atoms with Gasteiger partial charge in [-0.15, -0.1) is 11.8 Å². The second-order valence-corrected chi connectivity index (χ2v) is 5.71. The highest BCUT2D eigenvalue weighted by molar-refractivity contribution is 7.99. The Morgan fingerprint density at radius 1 is 1.27 bits per heavy atom. The van der Waals surface area contributed by atoms with Crippen LogP contribution in [0.5, 0.6) is 5.88 Å². The summed E-state index contributed by atoms with van der Waals surface area (Å²) in [5, 5.41) is 2.84. The van der Waals surface area contributed by atoms with Crippen molar-refractivity contribution in [2.75, 3.05) is 12.9 Å². The van der Waals surface area contributed by atoms with Crippen LogP contribution in [0.2, 0.25) is 0 Å². The summed E-state index contributed by atoms with van der Waals surface area (Å²) in [5.41, 5.74) is 0.917. The molecule has 0 saturated carbocycles. The molecule has 1 aromatic heterocycles. The Morgan fingerprint density at radius 2 is 2.05 bits per heavy atom. The van der Waals surface area contributed by atoms with Gasteiger partial charge in [0.05, 0.1) is 7.11 Å². The molecule has 1 N–H and O–H groups in total. The highest BCUT2D eigenvalue weighted by atomic mass is 32.2. The first-order valence-electron chi connectivity index (χ1n) is 6.81. The molecule has 0 atom stereocenters. The third kappa shape index (κ3) is 5.37. The summed E-state index contributed by atoms with van der Waals surface area (Å²) in [6.45, 7) is 0.442. The van der Waals surface area contributed by atoms with Gasteiger partial charge in [-0.1, -0.05) is 6.07 Å². The number of hydrogen-bond acceptors (Lipinski definition) is 4. The first-order valence-corrected chi connectivity index (χ1v) is 7.80. The number of thioether (sulfide) groups is 1. The lowest BCUT2D eigenvalue weighted by molar-refractivity contribution is -0.120. The van der Waals surface area contributed by atoms with Gasteiger partial charge in [0.25, 0.3) is 0 Å². The summed E-state index contributed by atoms with van der Waals surface area (Å²) in [4.78, 5) is 16.8. The van der Waals surface area contributed by atoms with Gasteiger partial charge in [0.1, 0.15) is 5.82 Å². The molecule has 116 valence electrons. The Balaban J connectivity index is 1.68. The van der Waals surface area contributed by atoms with Crippen molar-refractivity contribution in [2.24, 2.45) is 0 Å². The van der Waals surface area contributed by atoms with E-state index in [2.05, 4.69) is 10.3 Å². The minimum atomic E-state index is -0.254. The van der Waals surface area contributed by atoms with Crippen molar-refractivity contribution < 1.29 is 13.9 Å². The molecule has 1 amide bonds. The van der Waals surface area contributed by atoms with Crippen LogP contribution in [0, 0.1) is 5.82 Å². The fraction of sp³-hybridized carbons (Fsp3) is 0.250. The summed E-state index contributed by atoms with van der Waals surface area (Å²) in [6.07, 6.45) is 2.08. The van der Waals surface area contributed by atoms with Crippen molar-refractivity contribution in [1.29, 1.82) is 0 Å². The number of benzene rings is 1. The summed E-state index contributed by atoms with van der Waals surface area (Å²) >= 11 is 1.53. The van der Waals surface area contributed by atoms with E-state index in [0.717, 1.165) is 10.5 Å². The van der Waals surface area contributed by atoms with E-state index in [9.17, 15) is 9.18 Å². The van der Waals surface area contributed by atoms with Crippen LogP contribution in [0.15, 0.2) is 47.5 Å². The molecular weight excluding hydrogens is 303 g/mol. The Kier molecular flexibility index (Phi) is 6.21. The van der Waals surface area contributed by atoms with Crippen LogP contribution in [0.1, 0.15) is 12.0 Å². The average molecular weight is 320 g/mol. The van der Waals surface area contributed by atoms with Crippen LogP contribution < -0.4 is 10.1 Å². The largest absolute Gasteiger partial charge is 0.481 e. The molecule has 0 saturated heterocycles. The van der Waals surface area contributed by atoms with Crippen molar-refractivity contribution in [1.82, 2.24) is 10.3 Å². The molecule has 2 aromatic rings. The Bertz CT molecular complexity index is 603. The number of hydrogen-bond donors (Lipinski definition) is 1. The fourth-order valence-electron chi connectivity index (χ4n) is 1.72. The molecule has 0 radical (unpaired) electrons. The van der Waals surface area contributed by atoms with E-state index in [1.54, 1.807) is 31.5 Å². The normalized spacial score (nSPS) is 10.3. The third-order valence-corrected chi connectivity index (χ3v) is 3.92. The number of methoxy groups -OCH3 is 1. The number of nitrogens with one attached hydrogen (secondary N) is 1. The van der Waals surface area contributed by atoms with Crippen molar-refractivity contribution in [3.05, 3.63) is 54.0 Å². The summed E-state index contributed by atoms with van der Waals surface area (Å²) < 4.78 is 17.7. The Labute approximate surface area is 133 Å². The molecule has 1 heterocycles. The molecule has 0 fully saturated rings. The van der Waals surface area contributed by atoms with E-state index in [1.807, 2.05) is 6.07 Å². The van der Waals surface area contributed by atoms with E-state index in [-0.39, 0.29) is 11.7 Å². The van der Waals surface area contributed by atoms with Gasteiger partial charge >= 0.3 is 0 Å². The highest BCUT2D eigenvalue weighted by Crippen LogP contribution is 2.18. The van der Waals surface area contributed by atoms with Crippen LogP contribution in [-0.2, 0) is 11.3 Å². The maximum Gasteiger partial charge on any atom is 0.221 e. The van der Waals surface area contributed by atoms with Gasteiger partial charge in [0, 0.05) is 35.9 Å². The minimum Gasteiger partial charge on any atom is -0.481 e. The van der Waals surface area contributed by atoms with Crippen molar-refractivity contribution in [3.63, 3.8) is 0 Å². The lowest BCUT2D eigenvalue weighted by atomic mass is 10.3. The molecule has 2 rings (SSSR count). The zero-order valence-corrected chi connectivity index (χ0v) is 13.0. The van der Waals surface area contributed by atoms with Gasteiger partial charge in [0.15, 0.2) is 0 Å². The van der Waals surface area contributed by atoms with E-state index >= 15 is 0 Å². The van der Waals surface area contributed by atoms with Gasteiger partial charge < -0.3 is 10.1 Å². The predicted octanol–water partition coefficient (Wildman–Crippen LogP) is 3.03. The molecular formula is C16H17FN2O2S. The lowest BCUT2D eigenvalue weighted by Crippen LogP contribution is -2.23. The van der Waals surface area contributed by atoms with Crippen molar-refractivity contribution in [2.45, 2.75) is 17.9 Å². The molecule has 22 heavy (non-hydrogen) atoms. The number of ether oxygens (including phenoxy) is 1. The predicted molar refractivity (Wildman–Crippen MR) is 84.4 cm³/mol. The molecule has 6 heteroatoms. The number of aromatic nitrogens is 1. The standard InChI is InChI=1S/C16H17FN2O2S/c1-21-16-7-2-12(11-19-16)10-18-15(20)8-9-22-14-5-3-13(17)4-6-14/h2-7,11H,8-10H2,1H3,(H,18,20). The first kappa shape index (κ1) is 16.3. The third-order valence-electron chi connectivity index (χ3n) is 2.91. The molecule has 4 nitrogen and oxygen atoms in total. The maximum atomic E-state index is 12.8. The molecule has 1 aromatic carbocycles. The number of pyridine rings is 1. The lowest BCUT2D eigenvalue weighted by Gasteiger charge is -2.06. The van der Waals surface area contributed by atoms with E-state index in [4.69, 9.17) is 4.74 Å². The van der Waals surface area contributed by atoms with E-state index in [1.165, 1.54) is 23.9 Å². The fourth-order valence-corrected chi connectivity index (χ4v) is 2.57. The summed E-state index contributed by atoms with van der Waals surface area (Å²) in [7, 11) is 1.56. The summed E-state index contributed by atoms with van der Waals surface area (Å²) in [5.74, 6) is 0.921. The number of rotatable bonds is 7. The van der Waals surface area contributed by atoms with Gasteiger partial charge in [-0.25, -0.2) is 9.37 Å². The Hall–Kier alpha value is -2.08. The van der Waals surface area contributed by atoms with Crippen LogP contribution in [0.4, 0.5) is 4.39 Å². The first-order chi connectivity index (χ1) is 10.7. The molecule has 0 unspecified atom stereocenters. The van der Waals surface area contributed by atoms with Gasteiger partial charge in [-0.2, -0.15) is 0 Å². The minimum absolute atomic E-state index is 0.0228. The second kappa shape index (κ2) is 8.38. The number of halogens is 1. The maximum absolute atomic E-state index is 12.8. The average Bonchev–Trinajstić information content (AvgIpc) is 2.55. The summed E-state index contributed by atoms with van der Waals surface area (Å²) in [6, 6.07) is 9.87. The van der Waals surface area contributed by atoms with Crippen LogP contribution in [-0.4, -0.2) is 23.8 Å². The number of amides is 1. The van der Waals surface area contributed by atoms with Gasteiger partial charge in [0.2, 0.25) is 11.8 Å². The van der Waals surface area contributed by atoms with Crippen molar-refractivity contribution in [3.8, 4) is 5.88 Å². The molecule has 0 aliphatic carbocycles. The van der Waals surface area contributed by atoms with E-state index in [0.29, 0.717) is 24.6 Å². The zero-order chi connectivity index (χ0) is 15.8.